The van der Waals surface area contributed by atoms with Gasteiger partial charge in [-0.2, -0.15) is 0 Å². The Morgan fingerprint density at radius 2 is 2.23 bits per heavy atom. The van der Waals surface area contributed by atoms with Crippen LogP contribution in [0.15, 0.2) is 18.2 Å². The van der Waals surface area contributed by atoms with Gasteiger partial charge in [0.05, 0.1) is 18.2 Å². The van der Waals surface area contributed by atoms with Crippen LogP contribution in [0.25, 0.3) is 0 Å². The Bertz CT molecular complexity index is 520. The van der Waals surface area contributed by atoms with Gasteiger partial charge >= 0.3 is 0 Å². The van der Waals surface area contributed by atoms with Crippen LogP contribution >= 0.6 is 23.2 Å². The highest BCUT2D eigenvalue weighted by Gasteiger charge is 2.28. The van der Waals surface area contributed by atoms with Crippen LogP contribution in [0.1, 0.15) is 24.8 Å². The van der Waals surface area contributed by atoms with E-state index in [0.29, 0.717) is 29.8 Å². The van der Waals surface area contributed by atoms with Crippen LogP contribution in [-0.2, 0) is 11.3 Å². The van der Waals surface area contributed by atoms with E-state index in [2.05, 4.69) is 0 Å². The maximum Gasteiger partial charge on any atom is 0.237 e. The van der Waals surface area contributed by atoms with Crippen LogP contribution < -0.4 is 4.74 Å². The summed E-state index contributed by atoms with van der Waals surface area (Å²) in [6, 6.07) is 5.39. The zero-order chi connectivity index (χ0) is 16.1. The van der Waals surface area contributed by atoms with Crippen LogP contribution in [0.3, 0.4) is 0 Å². The van der Waals surface area contributed by atoms with E-state index in [1.54, 1.807) is 24.1 Å². The summed E-state index contributed by atoms with van der Waals surface area (Å²) in [5, 5.41) is 10.7. The molecule has 22 heavy (non-hydrogen) atoms. The molecule has 1 aromatic carbocycles. The number of hydrogen-bond acceptors (Lipinski definition) is 3. The molecule has 1 aliphatic rings. The van der Waals surface area contributed by atoms with E-state index >= 15 is 0 Å². The number of nitrogens with zero attached hydrogens (tertiary/aromatic N) is 1. The molecule has 2 rings (SSSR count). The molecule has 6 heteroatoms. The maximum absolute atomic E-state index is 12.0. The first-order valence-electron chi connectivity index (χ1n) is 7.39. The second-order valence-corrected chi connectivity index (χ2v) is 6.31. The van der Waals surface area contributed by atoms with E-state index in [0.717, 1.165) is 24.8 Å². The van der Waals surface area contributed by atoms with Crippen LogP contribution in [0.4, 0.5) is 0 Å². The van der Waals surface area contributed by atoms with Crippen molar-refractivity contribution >= 4 is 29.1 Å². The molecular weight excluding hydrogens is 325 g/mol. The Hall–Kier alpha value is -0.970. The van der Waals surface area contributed by atoms with Gasteiger partial charge in [-0.15, -0.1) is 11.6 Å². The molecule has 0 heterocycles. The van der Waals surface area contributed by atoms with Crippen molar-refractivity contribution < 1.29 is 14.6 Å². The molecule has 1 saturated carbocycles. The van der Waals surface area contributed by atoms with Crippen molar-refractivity contribution in [2.45, 2.75) is 31.9 Å². The normalized spacial score (nSPS) is 16.0. The Morgan fingerprint density at radius 3 is 2.73 bits per heavy atom. The van der Waals surface area contributed by atoms with E-state index in [9.17, 15) is 9.90 Å². The van der Waals surface area contributed by atoms with Crippen molar-refractivity contribution in [1.29, 1.82) is 0 Å². The van der Waals surface area contributed by atoms with E-state index < -0.39 is 6.10 Å². The van der Waals surface area contributed by atoms with Crippen molar-refractivity contribution in [2.24, 2.45) is 5.92 Å². The van der Waals surface area contributed by atoms with E-state index in [1.807, 2.05) is 6.07 Å². The fraction of sp³-hybridized carbons (Fsp3) is 0.562. The fourth-order valence-corrected chi connectivity index (χ4v) is 3.02. The van der Waals surface area contributed by atoms with Gasteiger partial charge in [0.1, 0.15) is 11.6 Å². The summed E-state index contributed by atoms with van der Waals surface area (Å²) in [5.74, 6) is 0.605. The highest BCUT2D eigenvalue weighted by Crippen LogP contribution is 2.30. The van der Waals surface area contributed by atoms with Crippen LogP contribution in [0.2, 0.25) is 5.02 Å². The SMILES string of the molecule is COc1ccc(CN(CC(O)C2CCC2)C(=O)CCl)cc1Cl. The second-order valence-electron chi connectivity index (χ2n) is 5.64. The third-order valence-corrected chi connectivity index (χ3v) is 4.68. The van der Waals surface area contributed by atoms with Gasteiger partial charge < -0.3 is 14.7 Å². The number of ether oxygens (including phenoxy) is 1. The zero-order valence-electron chi connectivity index (χ0n) is 12.6. The average Bonchev–Trinajstić information content (AvgIpc) is 2.44. The van der Waals surface area contributed by atoms with Crippen molar-refractivity contribution in [3.63, 3.8) is 0 Å². The van der Waals surface area contributed by atoms with Gasteiger partial charge in [0.25, 0.3) is 0 Å². The Kier molecular flexibility index (Phi) is 6.36. The predicted molar refractivity (Wildman–Crippen MR) is 87.5 cm³/mol. The summed E-state index contributed by atoms with van der Waals surface area (Å²) in [4.78, 5) is 13.6. The van der Waals surface area contributed by atoms with Crippen molar-refractivity contribution in [1.82, 2.24) is 4.90 Å². The molecule has 1 aliphatic carbocycles. The number of aliphatic hydroxyl groups excluding tert-OH is 1. The van der Waals surface area contributed by atoms with Gasteiger partial charge in [-0.05, 0) is 36.5 Å². The topological polar surface area (TPSA) is 49.8 Å². The molecule has 122 valence electrons. The molecule has 1 unspecified atom stereocenters. The monoisotopic (exact) mass is 345 g/mol. The molecule has 1 atom stereocenters. The molecule has 1 fully saturated rings. The Balaban J connectivity index is 2.05. The molecule has 0 spiro atoms. The van der Waals surface area contributed by atoms with Gasteiger partial charge in [0.2, 0.25) is 5.91 Å². The van der Waals surface area contributed by atoms with Gasteiger partial charge in [0, 0.05) is 13.1 Å². The maximum atomic E-state index is 12.0. The molecule has 4 nitrogen and oxygen atoms in total. The average molecular weight is 346 g/mol. The number of benzene rings is 1. The lowest BCUT2D eigenvalue weighted by Crippen LogP contribution is -2.42. The van der Waals surface area contributed by atoms with E-state index in [4.69, 9.17) is 27.9 Å². The number of halogens is 2. The highest BCUT2D eigenvalue weighted by atomic mass is 35.5. The molecule has 0 radical (unpaired) electrons. The minimum Gasteiger partial charge on any atom is -0.495 e. The molecule has 0 bridgehead atoms. The van der Waals surface area contributed by atoms with Crippen molar-refractivity contribution in [3.05, 3.63) is 28.8 Å². The van der Waals surface area contributed by atoms with Crippen molar-refractivity contribution in [3.8, 4) is 5.75 Å². The number of carbonyl (C=O) groups is 1. The summed E-state index contributed by atoms with van der Waals surface area (Å²) >= 11 is 11.8. The first-order valence-corrected chi connectivity index (χ1v) is 8.30. The van der Waals surface area contributed by atoms with Gasteiger partial charge in [-0.3, -0.25) is 4.79 Å². The largest absolute Gasteiger partial charge is 0.495 e. The van der Waals surface area contributed by atoms with Crippen LogP contribution in [0, 0.1) is 5.92 Å². The fourth-order valence-electron chi connectivity index (χ4n) is 2.57. The second kappa shape index (κ2) is 8.04. The Labute approximate surface area is 141 Å². The highest BCUT2D eigenvalue weighted by molar-refractivity contribution is 6.32. The smallest absolute Gasteiger partial charge is 0.237 e. The number of methoxy groups -OCH3 is 1. The molecule has 0 aromatic heterocycles. The summed E-state index contributed by atoms with van der Waals surface area (Å²) in [5.41, 5.74) is 0.880. The quantitative estimate of drug-likeness (QED) is 0.772. The first kappa shape index (κ1) is 17.4. The zero-order valence-corrected chi connectivity index (χ0v) is 14.1. The first-order chi connectivity index (χ1) is 10.5. The number of aliphatic hydroxyl groups is 1. The summed E-state index contributed by atoms with van der Waals surface area (Å²) in [7, 11) is 1.55. The Morgan fingerprint density at radius 1 is 1.50 bits per heavy atom. The van der Waals surface area contributed by atoms with E-state index in [1.165, 1.54) is 0 Å². The lowest BCUT2D eigenvalue weighted by atomic mass is 9.81. The number of alkyl halides is 1. The predicted octanol–water partition coefficient (Wildman–Crippen LogP) is 3.08. The molecule has 0 saturated heterocycles. The lowest BCUT2D eigenvalue weighted by molar-refractivity contribution is -0.131. The van der Waals surface area contributed by atoms with Gasteiger partial charge in [0.15, 0.2) is 0 Å². The number of hydrogen-bond donors (Lipinski definition) is 1. The number of amides is 1. The molecule has 0 aliphatic heterocycles. The van der Waals surface area contributed by atoms with Gasteiger partial charge in [-0.25, -0.2) is 0 Å². The van der Waals surface area contributed by atoms with Crippen LogP contribution in [0.5, 0.6) is 5.75 Å². The van der Waals surface area contributed by atoms with Gasteiger partial charge in [-0.1, -0.05) is 24.1 Å². The van der Waals surface area contributed by atoms with E-state index in [-0.39, 0.29) is 11.8 Å². The molecular formula is C16H21Cl2NO3. The third-order valence-electron chi connectivity index (χ3n) is 4.16. The molecule has 1 aromatic rings. The lowest BCUT2D eigenvalue weighted by Gasteiger charge is -2.34. The standard InChI is InChI=1S/C16H21Cl2NO3/c1-22-15-6-5-11(7-13(15)18)9-19(16(21)8-17)10-14(20)12-3-2-4-12/h5-7,12,14,20H,2-4,8-10H2,1H3. The summed E-state index contributed by atoms with van der Waals surface area (Å²) in [6.45, 7) is 0.679. The number of rotatable bonds is 7. The minimum atomic E-state index is -0.491. The van der Waals surface area contributed by atoms with Crippen LogP contribution in [-0.4, -0.2) is 41.6 Å². The summed E-state index contributed by atoms with van der Waals surface area (Å²) < 4.78 is 5.12. The molecule has 1 N–H and O–H groups in total. The number of carbonyl (C=O) groups excluding carboxylic acids is 1. The third kappa shape index (κ3) is 4.28. The van der Waals surface area contributed by atoms with Crippen molar-refractivity contribution in [2.75, 3.05) is 19.5 Å². The summed E-state index contributed by atoms with van der Waals surface area (Å²) in [6.07, 6.45) is 2.71. The molecule has 1 amide bonds. The minimum absolute atomic E-state index is 0.0960.